The fourth-order valence-corrected chi connectivity index (χ4v) is 4.07. The van der Waals surface area contributed by atoms with Gasteiger partial charge in [-0.25, -0.2) is 4.98 Å². The number of aromatic nitrogens is 3. The normalized spacial score (nSPS) is 16.2. The van der Waals surface area contributed by atoms with E-state index in [0.29, 0.717) is 0 Å². The molecule has 4 aromatic rings. The molecule has 1 unspecified atom stereocenters. The maximum atomic E-state index is 5.84. The van der Waals surface area contributed by atoms with Crippen LogP contribution >= 0.6 is 0 Å². The molecule has 32 heavy (non-hydrogen) atoms. The zero-order valence-corrected chi connectivity index (χ0v) is 18.2. The second kappa shape index (κ2) is 9.42. The van der Waals surface area contributed by atoms with E-state index in [-0.39, 0.29) is 6.10 Å². The fourth-order valence-electron chi connectivity index (χ4n) is 4.07. The third kappa shape index (κ3) is 4.61. The molecule has 2 N–H and O–H groups in total. The number of ether oxygens (including phenoxy) is 1. The summed E-state index contributed by atoms with van der Waals surface area (Å²) < 4.78 is 5.84. The molecule has 1 aliphatic rings. The maximum absolute atomic E-state index is 5.84. The van der Waals surface area contributed by atoms with Gasteiger partial charge in [-0.15, -0.1) is 0 Å². The third-order valence-electron chi connectivity index (χ3n) is 5.82. The van der Waals surface area contributed by atoms with Gasteiger partial charge in [0.15, 0.2) is 0 Å². The van der Waals surface area contributed by atoms with Gasteiger partial charge in [-0.3, -0.25) is 9.97 Å². The van der Waals surface area contributed by atoms with Crippen LogP contribution in [0.3, 0.4) is 0 Å². The largest absolute Gasteiger partial charge is 0.369 e. The predicted molar refractivity (Wildman–Crippen MR) is 128 cm³/mol. The van der Waals surface area contributed by atoms with E-state index in [9.17, 15) is 0 Å². The smallest absolute Gasteiger partial charge is 0.135 e. The molecule has 5 rings (SSSR count). The minimum absolute atomic E-state index is 0.0109. The monoisotopic (exact) mass is 425 g/mol. The second-order valence-corrected chi connectivity index (χ2v) is 8.11. The average Bonchev–Trinajstić information content (AvgIpc) is 2.85. The predicted octanol–water partition coefficient (Wildman–Crippen LogP) is 4.32. The van der Waals surface area contributed by atoms with Crippen molar-refractivity contribution in [1.82, 2.24) is 20.3 Å². The minimum Gasteiger partial charge on any atom is -0.369 e. The van der Waals surface area contributed by atoms with Crippen LogP contribution in [0.25, 0.3) is 21.9 Å². The Morgan fingerprint density at radius 2 is 1.88 bits per heavy atom. The summed E-state index contributed by atoms with van der Waals surface area (Å²) >= 11 is 0. The van der Waals surface area contributed by atoms with Crippen molar-refractivity contribution in [2.75, 3.05) is 31.6 Å². The van der Waals surface area contributed by atoms with Gasteiger partial charge in [0, 0.05) is 49.3 Å². The van der Waals surface area contributed by atoms with E-state index in [4.69, 9.17) is 4.74 Å². The summed E-state index contributed by atoms with van der Waals surface area (Å²) in [5.41, 5.74) is 5.69. The summed E-state index contributed by atoms with van der Waals surface area (Å²) in [5.74, 6) is 0.869. The molecule has 0 amide bonds. The van der Waals surface area contributed by atoms with Gasteiger partial charge in [-0.1, -0.05) is 24.3 Å². The molecule has 1 aromatic carbocycles. The Bertz CT molecular complexity index is 1200. The van der Waals surface area contributed by atoms with Gasteiger partial charge in [-0.05, 0) is 59.7 Å². The van der Waals surface area contributed by atoms with Gasteiger partial charge >= 0.3 is 0 Å². The molecule has 6 nitrogen and oxygen atoms in total. The van der Waals surface area contributed by atoms with Crippen molar-refractivity contribution < 1.29 is 4.74 Å². The van der Waals surface area contributed by atoms with Crippen molar-refractivity contribution in [3.8, 4) is 11.1 Å². The number of morpholine rings is 1. The van der Waals surface area contributed by atoms with Crippen LogP contribution in [0.5, 0.6) is 0 Å². The average molecular weight is 426 g/mol. The summed E-state index contributed by atoms with van der Waals surface area (Å²) in [6.45, 7) is 5.23. The van der Waals surface area contributed by atoms with E-state index in [2.05, 4.69) is 62.0 Å². The lowest BCUT2D eigenvalue weighted by atomic mass is 10.0. The molecule has 1 aliphatic heterocycles. The van der Waals surface area contributed by atoms with Crippen LogP contribution in [0.15, 0.2) is 67.1 Å². The number of hydrogen-bond acceptors (Lipinski definition) is 6. The van der Waals surface area contributed by atoms with Gasteiger partial charge < -0.3 is 15.4 Å². The number of aryl methyl sites for hydroxylation is 1. The first kappa shape index (κ1) is 20.5. The maximum Gasteiger partial charge on any atom is 0.135 e. The molecule has 0 radical (unpaired) electrons. The van der Waals surface area contributed by atoms with E-state index in [0.717, 1.165) is 60.6 Å². The summed E-state index contributed by atoms with van der Waals surface area (Å²) in [6.07, 6.45) is 6.54. The molecule has 3 aromatic heterocycles. The van der Waals surface area contributed by atoms with Crippen molar-refractivity contribution >= 4 is 16.6 Å². The minimum atomic E-state index is 0.0109. The number of anilines is 1. The standard InChI is InChI=1S/C26H27N5O/c1-18-14-21(7-10-28-18)20-4-2-19(3-5-20)6-9-29-26-23-16-31-24(15-22(23)8-11-30-26)25-17-27-12-13-32-25/h2-5,7-8,10-11,14-16,25,27H,6,9,12-13,17H2,1H3,(H,29,30). The molecule has 1 saturated heterocycles. The highest BCUT2D eigenvalue weighted by Gasteiger charge is 2.17. The Labute approximate surface area is 188 Å². The highest BCUT2D eigenvalue weighted by atomic mass is 16.5. The molecular formula is C26H27N5O. The van der Waals surface area contributed by atoms with Gasteiger partial charge in [0.05, 0.1) is 12.3 Å². The van der Waals surface area contributed by atoms with Crippen LogP contribution in [0.1, 0.15) is 23.1 Å². The van der Waals surface area contributed by atoms with Gasteiger partial charge in [0.25, 0.3) is 0 Å². The van der Waals surface area contributed by atoms with Crippen LogP contribution in [-0.4, -0.2) is 41.2 Å². The van der Waals surface area contributed by atoms with E-state index in [1.807, 2.05) is 37.6 Å². The van der Waals surface area contributed by atoms with E-state index < -0.39 is 0 Å². The van der Waals surface area contributed by atoms with E-state index in [1.54, 1.807) is 0 Å². The molecule has 0 bridgehead atoms. The molecule has 0 spiro atoms. The fraction of sp³-hybridized carbons (Fsp3) is 0.269. The summed E-state index contributed by atoms with van der Waals surface area (Å²) in [6, 6.07) is 17.0. The van der Waals surface area contributed by atoms with Crippen molar-refractivity contribution in [3.05, 3.63) is 84.1 Å². The Morgan fingerprint density at radius 1 is 1.00 bits per heavy atom. The van der Waals surface area contributed by atoms with Crippen molar-refractivity contribution in [1.29, 1.82) is 0 Å². The summed E-state index contributed by atoms with van der Waals surface area (Å²) in [4.78, 5) is 13.5. The lowest BCUT2D eigenvalue weighted by Gasteiger charge is -2.23. The lowest BCUT2D eigenvalue weighted by molar-refractivity contribution is 0.0251. The molecule has 162 valence electrons. The number of rotatable bonds is 6. The Balaban J connectivity index is 1.24. The van der Waals surface area contributed by atoms with E-state index >= 15 is 0 Å². The van der Waals surface area contributed by atoms with Crippen LogP contribution in [0.4, 0.5) is 5.82 Å². The quantitative estimate of drug-likeness (QED) is 0.480. The molecule has 0 saturated carbocycles. The molecular weight excluding hydrogens is 398 g/mol. The van der Waals surface area contributed by atoms with Gasteiger partial charge in [0.2, 0.25) is 0 Å². The van der Waals surface area contributed by atoms with Gasteiger partial charge in [0.1, 0.15) is 11.9 Å². The molecule has 4 heterocycles. The highest BCUT2D eigenvalue weighted by molar-refractivity contribution is 5.91. The third-order valence-corrected chi connectivity index (χ3v) is 5.82. The number of benzene rings is 1. The first-order chi connectivity index (χ1) is 15.8. The number of nitrogens with zero attached hydrogens (tertiary/aromatic N) is 3. The molecule has 6 heteroatoms. The topological polar surface area (TPSA) is 72.0 Å². The number of nitrogens with one attached hydrogen (secondary N) is 2. The van der Waals surface area contributed by atoms with Crippen LogP contribution in [-0.2, 0) is 11.2 Å². The second-order valence-electron chi connectivity index (χ2n) is 8.11. The van der Waals surface area contributed by atoms with Crippen molar-refractivity contribution in [2.24, 2.45) is 0 Å². The molecule has 1 fully saturated rings. The van der Waals surface area contributed by atoms with Crippen LogP contribution < -0.4 is 10.6 Å². The lowest BCUT2D eigenvalue weighted by Crippen LogP contribution is -2.33. The zero-order chi connectivity index (χ0) is 21.8. The Kier molecular flexibility index (Phi) is 6.05. The number of pyridine rings is 3. The van der Waals surface area contributed by atoms with Gasteiger partial charge in [-0.2, -0.15) is 0 Å². The summed E-state index contributed by atoms with van der Waals surface area (Å²) in [5, 5.41) is 9.00. The van der Waals surface area contributed by atoms with Crippen LogP contribution in [0.2, 0.25) is 0 Å². The highest BCUT2D eigenvalue weighted by Crippen LogP contribution is 2.25. The first-order valence-electron chi connectivity index (χ1n) is 11.1. The number of hydrogen-bond donors (Lipinski definition) is 2. The Hall–Kier alpha value is -3.35. The Morgan fingerprint density at radius 3 is 2.69 bits per heavy atom. The molecule has 1 atom stereocenters. The number of fused-ring (bicyclic) bond motifs is 1. The SMILES string of the molecule is Cc1cc(-c2ccc(CCNc3nccc4cc(C5CNCCO5)ncc34)cc2)ccn1. The first-order valence-corrected chi connectivity index (χ1v) is 11.1. The molecule has 0 aliphatic carbocycles. The van der Waals surface area contributed by atoms with Crippen LogP contribution in [0, 0.1) is 6.92 Å². The zero-order valence-electron chi connectivity index (χ0n) is 18.2. The summed E-state index contributed by atoms with van der Waals surface area (Å²) in [7, 11) is 0. The van der Waals surface area contributed by atoms with Crippen molar-refractivity contribution in [2.45, 2.75) is 19.4 Å². The van der Waals surface area contributed by atoms with E-state index in [1.165, 1.54) is 16.7 Å². The van der Waals surface area contributed by atoms with Crippen molar-refractivity contribution in [3.63, 3.8) is 0 Å².